The van der Waals surface area contributed by atoms with Gasteiger partial charge in [-0.25, -0.2) is 0 Å². The van der Waals surface area contributed by atoms with Gasteiger partial charge in [0.05, 0.1) is 19.5 Å². The molecule has 0 aliphatic heterocycles. The first-order valence-electron chi connectivity index (χ1n) is 5.05. The quantitative estimate of drug-likeness (QED) is 0.449. The van der Waals surface area contributed by atoms with Crippen LogP contribution >= 0.6 is 11.6 Å². The van der Waals surface area contributed by atoms with Crippen molar-refractivity contribution in [3.8, 4) is 17.6 Å². The number of pyridine rings is 1. The zero-order chi connectivity index (χ0) is 11.6. The minimum Gasteiger partial charge on any atom is -0.492 e. The van der Waals surface area contributed by atoms with Gasteiger partial charge in [-0.2, -0.15) is 0 Å². The van der Waals surface area contributed by atoms with E-state index in [4.69, 9.17) is 16.3 Å². The Kier molecular flexibility index (Phi) is 6.36. The highest BCUT2D eigenvalue weighted by Gasteiger charge is 1.95. The molecule has 0 amide bonds. The second-order valence-corrected chi connectivity index (χ2v) is 3.42. The summed E-state index contributed by atoms with van der Waals surface area (Å²) < 4.78 is 17.1. The molecule has 2 nitrogen and oxygen atoms in total. The molecule has 0 spiro atoms. The molecule has 0 saturated heterocycles. The molecule has 0 atom stereocenters. The molecule has 4 heteroatoms. The Morgan fingerprint density at radius 2 is 2.31 bits per heavy atom. The van der Waals surface area contributed by atoms with Crippen LogP contribution in [0.3, 0.4) is 0 Å². The van der Waals surface area contributed by atoms with Gasteiger partial charge in [-0.1, -0.05) is 11.8 Å². The van der Waals surface area contributed by atoms with E-state index in [2.05, 4.69) is 16.8 Å². The van der Waals surface area contributed by atoms with E-state index in [1.165, 1.54) is 0 Å². The Bertz CT molecular complexity index is 373. The van der Waals surface area contributed by atoms with E-state index in [0.717, 1.165) is 5.56 Å². The molecule has 0 radical (unpaired) electrons. The topological polar surface area (TPSA) is 22.1 Å². The zero-order valence-electron chi connectivity index (χ0n) is 8.88. The third-order valence-electron chi connectivity index (χ3n) is 1.71. The molecule has 1 aromatic heterocycles. The summed E-state index contributed by atoms with van der Waals surface area (Å²) >= 11 is 5.51. The third kappa shape index (κ3) is 4.99. The molecular formula is C12H13ClFNO. The van der Waals surface area contributed by atoms with Crippen molar-refractivity contribution in [3.05, 3.63) is 24.0 Å². The van der Waals surface area contributed by atoms with E-state index < -0.39 is 0 Å². The van der Waals surface area contributed by atoms with Gasteiger partial charge in [-0.3, -0.25) is 9.37 Å². The fraction of sp³-hybridized carbons (Fsp3) is 0.417. The Morgan fingerprint density at radius 3 is 3.06 bits per heavy atom. The van der Waals surface area contributed by atoms with Crippen LogP contribution in [-0.4, -0.2) is 24.1 Å². The minimum absolute atomic E-state index is 0.358. The molecular weight excluding hydrogens is 229 g/mol. The summed E-state index contributed by atoms with van der Waals surface area (Å²) in [5.74, 6) is 6.97. The maximum Gasteiger partial charge on any atom is 0.138 e. The molecule has 16 heavy (non-hydrogen) atoms. The average Bonchev–Trinajstić information content (AvgIpc) is 2.30. The minimum atomic E-state index is -0.372. The molecule has 0 aromatic carbocycles. The fourth-order valence-electron chi connectivity index (χ4n) is 1.02. The molecule has 0 aliphatic rings. The SMILES string of the molecule is FCCCOc1cncc(C#CCCCl)c1. The van der Waals surface area contributed by atoms with E-state index in [1.54, 1.807) is 18.5 Å². The van der Waals surface area contributed by atoms with Gasteiger partial charge < -0.3 is 4.74 Å². The second kappa shape index (κ2) is 7.95. The zero-order valence-corrected chi connectivity index (χ0v) is 9.63. The van der Waals surface area contributed by atoms with Gasteiger partial charge in [0, 0.05) is 30.5 Å². The lowest BCUT2D eigenvalue weighted by Gasteiger charge is -2.03. The van der Waals surface area contributed by atoms with Gasteiger partial charge in [0.2, 0.25) is 0 Å². The van der Waals surface area contributed by atoms with E-state index >= 15 is 0 Å². The number of hydrogen-bond acceptors (Lipinski definition) is 2. The van der Waals surface area contributed by atoms with Gasteiger partial charge in [0.15, 0.2) is 0 Å². The van der Waals surface area contributed by atoms with Crippen molar-refractivity contribution in [3.63, 3.8) is 0 Å². The van der Waals surface area contributed by atoms with Crippen molar-refractivity contribution in [2.24, 2.45) is 0 Å². The summed E-state index contributed by atoms with van der Waals surface area (Å²) in [5, 5.41) is 0. The molecule has 0 saturated carbocycles. The van der Waals surface area contributed by atoms with Crippen LogP contribution in [0.2, 0.25) is 0 Å². The highest BCUT2D eigenvalue weighted by atomic mass is 35.5. The summed E-state index contributed by atoms with van der Waals surface area (Å²) in [5.41, 5.74) is 0.780. The monoisotopic (exact) mass is 241 g/mol. The standard InChI is InChI=1S/C12H13ClFNO/c13-5-2-1-4-11-8-12(10-15-9-11)16-7-3-6-14/h8-10H,2-3,5-7H2. The van der Waals surface area contributed by atoms with Crippen molar-refractivity contribution >= 4 is 11.6 Å². The molecule has 1 heterocycles. The Morgan fingerprint density at radius 1 is 1.44 bits per heavy atom. The lowest BCUT2D eigenvalue weighted by atomic mass is 10.2. The number of halogens is 2. The first-order valence-corrected chi connectivity index (χ1v) is 5.59. The summed E-state index contributed by atoms with van der Waals surface area (Å²) in [6, 6.07) is 1.78. The summed E-state index contributed by atoms with van der Waals surface area (Å²) in [6.45, 7) is -0.0145. The molecule has 0 N–H and O–H groups in total. The van der Waals surface area contributed by atoms with Gasteiger partial charge in [-0.05, 0) is 6.07 Å². The number of alkyl halides is 2. The first kappa shape index (κ1) is 12.8. The van der Waals surface area contributed by atoms with Gasteiger partial charge in [0.25, 0.3) is 0 Å². The van der Waals surface area contributed by atoms with Crippen LogP contribution in [0, 0.1) is 11.8 Å². The maximum absolute atomic E-state index is 11.9. The van der Waals surface area contributed by atoms with Crippen LogP contribution in [0.25, 0.3) is 0 Å². The van der Waals surface area contributed by atoms with Crippen LogP contribution in [0.1, 0.15) is 18.4 Å². The molecule has 0 fully saturated rings. The highest BCUT2D eigenvalue weighted by Crippen LogP contribution is 2.10. The van der Waals surface area contributed by atoms with Gasteiger partial charge >= 0.3 is 0 Å². The predicted octanol–water partition coefficient (Wildman–Crippen LogP) is 2.80. The molecule has 0 bridgehead atoms. The van der Waals surface area contributed by atoms with Crippen molar-refractivity contribution < 1.29 is 9.13 Å². The van der Waals surface area contributed by atoms with Crippen LogP contribution < -0.4 is 4.74 Å². The molecule has 0 unspecified atom stereocenters. The van der Waals surface area contributed by atoms with Crippen LogP contribution in [0.5, 0.6) is 5.75 Å². The number of aromatic nitrogens is 1. The van der Waals surface area contributed by atoms with Crippen molar-refractivity contribution in [1.29, 1.82) is 0 Å². The van der Waals surface area contributed by atoms with E-state index in [9.17, 15) is 4.39 Å². The van der Waals surface area contributed by atoms with E-state index in [1.807, 2.05) is 0 Å². The van der Waals surface area contributed by atoms with E-state index in [-0.39, 0.29) is 6.67 Å². The first-order chi connectivity index (χ1) is 7.86. The fourth-order valence-corrected chi connectivity index (χ4v) is 1.12. The highest BCUT2D eigenvalue weighted by molar-refractivity contribution is 6.18. The van der Waals surface area contributed by atoms with Crippen LogP contribution in [0.15, 0.2) is 18.5 Å². The maximum atomic E-state index is 11.9. The van der Waals surface area contributed by atoms with Crippen LogP contribution in [0.4, 0.5) is 4.39 Å². The molecule has 0 aliphatic carbocycles. The lowest BCUT2D eigenvalue weighted by Crippen LogP contribution is -1.98. The van der Waals surface area contributed by atoms with Crippen molar-refractivity contribution in [2.75, 3.05) is 19.2 Å². The molecule has 1 rings (SSSR count). The summed E-state index contributed by atoms with van der Waals surface area (Å²) in [4.78, 5) is 3.99. The summed E-state index contributed by atoms with van der Waals surface area (Å²) in [7, 11) is 0. The Hall–Kier alpha value is -1.27. The summed E-state index contributed by atoms with van der Waals surface area (Å²) in [6.07, 6.45) is 4.28. The third-order valence-corrected chi connectivity index (χ3v) is 1.90. The van der Waals surface area contributed by atoms with Crippen LogP contribution in [-0.2, 0) is 0 Å². The lowest BCUT2D eigenvalue weighted by molar-refractivity contribution is 0.288. The van der Waals surface area contributed by atoms with Crippen molar-refractivity contribution in [1.82, 2.24) is 4.98 Å². The largest absolute Gasteiger partial charge is 0.492 e. The molecule has 1 aromatic rings. The second-order valence-electron chi connectivity index (χ2n) is 3.04. The average molecular weight is 242 g/mol. The number of rotatable bonds is 5. The Labute approximate surface area is 99.8 Å². The van der Waals surface area contributed by atoms with Gasteiger partial charge in [0.1, 0.15) is 5.75 Å². The number of nitrogens with zero attached hydrogens (tertiary/aromatic N) is 1. The smallest absolute Gasteiger partial charge is 0.138 e. The molecule has 86 valence electrons. The number of hydrogen-bond donors (Lipinski definition) is 0. The number of ether oxygens (including phenoxy) is 1. The van der Waals surface area contributed by atoms with Gasteiger partial charge in [-0.15, -0.1) is 11.6 Å². The van der Waals surface area contributed by atoms with E-state index in [0.29, 0.717) is 31.1 Å². The van der Waals surface area contributed by atoms with Crippen molar-refractivity contribution in [2.45, 2.75) is 12.8 Å². The normalized spacial score (nSPS) is 9.38. The Balaban J connectivity index is 2.54. The predicted molar refractivity (Wildman–Crippen MR) is 62.5 cm³/mol.